The summed E-state index contributed by atoms with van der Waals surface area (Å²) in [4.78, 5) is 24.9. The molecule has 2 spiro atoms. The molecule has 0 radical (unpaired) electrons. The van der Waals surface area contributed by atoms with Gasteiger partial charge < -0.3 is 33.2 Å². The molecule has 9 heteroatoms. The van der Waals surface area contributed by atoms with Crippen LogP contribution in [0.25, 0.3) is 0 Å². The quantitative estimate of drug-likeness (QED) is 0.309. The fourth-order valence-electron chi connectivity index (χ4n) is 11.9. The molecule has 2 saturated carbocycles. The van der Waals surface area contributed by atoms with Gasteiger partial charge in [0.1, 0.15) is 12.2 Å². The van der Waals surface area contributed by atoms with Gasteiger partial charge in [-0.1, -0.05) is 54.4 Å². The van der Waals surface area contributed by atoms with Crippen LogP contribution in [-0.2, 0) is 42.7 Å². The molecule has 4 bridgehead atoms. The summed E-state index contributed by atoms with van der Waals surface area (Å²) in [6.45, 7) is 16.5. The third-order valence-electron chi connectivity index (χ3n) is 13.1. The van der Waals surface area contributed by atoms with Gasteiger partial charge in [0.15, 0.2) is 36.4 Å². The van der Waals surface area contributed by atoms with E-state index in [1.807, 2.05) is 0 Å². The van der Waals surface area contributed by atoms with Gasteiger partial charge in [-0.15, -0.1) is 0 Å². The first-order valence-corrected chi connectivity index (χ1v) is 16.2. The Morgan fingerprint density at radius 3 is 1.42 bits per heavy atom. The monoisotopic (exact) mass is 598 g/mol. The summed E-state index contributed by atoms with van der Waals surface area (Å²) >= 11 is 0. The van der Waals surface area contributed by atoms with Crippen molar-refractivity contribution in [2.24, 2.45) is 33.5 Å². The summed E-state index contributed by atoms with van der Waals surface area (Å²) in [6.07, 6.45) is 5.87. The molecular formula is C34H46O9. The molecule has 8 aliphatic rings. The molecule has 236 valence electrons. The number of carbonyl (C=O) groups is 2. The summed E-state index contributed by atoms with van der Waals surface area (Å²) in [5.41, 5.74) is -1.66. The second-order valence-corrected chi connectivity index (χ2v) is 16.3. The topological polar surface area (TPSA) is 98.8 Å². The van der Waals surface area contributed by atoms with Gasteiger partial charge in [0.05, 0.1) is 0 Å². The van der Waals surface area contributed by atoms with Crippen LogP contribution in [0, 0.1) is 33.5 Å². The predicted octanol–water partition coefficient (Wildman–Crippen LogP) is 5.31. The van der Waals surface area contributed by atoms with E-state index < -0.39 is 59.4 Å². The smallest absolute Gasteiger partial charge is 0.303 e. The van der Waals surface area contributed by atoms with E-state index in [-0.39, 0.29) is 34.6 Å². The zero-order chi connectivity index (χ0) is 30.5. The molecule has 0 amide bonds. The Balaban J connectivity index is 1.36. The van der Waals surface area contributed by atoms with E-state index in [9.17, 15) is 9.59 Å². The number of esters is 2. The second-order valence-electron chi connectivity index (χ2n) is 16.3. The molecule has 4 unspecified atom stereocenters. The Hall–Kier alpha value is -1.78. The SMILES string of the molecule is CC(=O)O[C@@H]1C=C2C3OC4OC5OC(O[C@@]24[C@@]2(C)CCCC(C)(C)[C@H]12)C1=C[C@@H](OC(C)=O)[C@H]2C(C)(C)CCC[C@]2(C)[C@]15O3. The molecule has 0 N–H and O–H groups in total. The van der Waals surface area contributed by atoms with Crippen molar-refractivity contribution in [1.82, 2.24) is 0 Å². The third kappa shape index (κ3) is 3.26. The summed E-state index contributed by atoms with van der Waals surface area (Å²) in [5.74, 6) is -0.715. The highest BCUT2D eigenvalue weighted by Crippen LogP contribution is 2.74. The van der Waals surface area contributed by atoms with Gasteiger partial charge in [-0.3, -0.25) is 9.59 Å². The van der Waals surface area contributed by atoms with E-state index in [0.29, 0.717) is 0 Å². The molecule has 12 atom stereocenters. The predicted molar refractivity (Wildman–Crippen MR) is 152 cm³/mol. The maximum Gasteiger partial charge on any atom is 0.303 e. The van der Waals surface area contributed by atoms with Crippen molar-refractivity contribution in [3.63, 3.8) is 0 Å². The van der Waals surface area contributed by atoms with Crippen LogP contribution >= 0.6 is 0 Å². The highest BCUT2D eigenvalue weighted by Gasteiger charge is 2.83. The molecule has 4 saturated heterocycles. The number of fused-ring (bicyclic) bond motifs is 6. The molecule has 0 aromatic carbocycles. The van der Waals surface area contributed by atoms with Crippen LogP contribution in [0.5, 0.6) is 0 Å². The molecule has 0 aromatic heterocycles. The highest BCUT2D eigenvalue weighted by molar-refractivity contribution is 5.67. The summed E-state index contributed by atoms with van der Waals surface area (Å²) in [7, 11) is 0. The lowest BCUT2D eigenvalue weighted by Gasteiger charge is -2.65. The number of rotatable bonds is 2. The number of ether oxygens (including phenoxy) is 7. The fraction of sp³-hybridized carbons (Fsp3) is 0.824. The van der Waals surface area contributed by atoms with Crippen molar-refractivity contribution in [3.05, 3.63) is 23.3 Å². The largest absolute Gasteiger partial charge is 0.458 e. The maximum absolute atomic E-state index is 12.5. The minimum absolute atomic E-state index is 0.0502. The molecule has 6 fully saturated rings. The molecular weight excluding hydrogens is 552 g/mol. The van der Waals surface area contributed by atoms with Crippen molar-refractivity contribution in [2.75, 3.05) is 0 Å². The minimum Gasteiger partial charge on any atom is -0.458 e. The van der Waals surface area contributed by atoms with E-state index in [2.05, 4.69) is 53.7 Å². The van der Waals surface area contributed by atoms with Crippen LogP contribution in [0.3, 0.4) is 0 Å². The van der Waals surface area contributed by atoms with Gasteiger partial charge in [0.2, 0.25) is 0 Å². The van der Waals surface area contributed by atoms with Crippen molar-refractivity contribution in [1.29, 1.82) is 0 Å². The summed E-state index contributed by atoms with van der Waals surface area (Å²) in [5, 5.41) is 0. The average molecular weight is 599 g/mol. The van der Waals surface area contributed by atoms with Crippen LogP contribution in [0.4, 0.5) is 0 Å². The lowest BCUT2D eigenvalue weighted by Crippen LogP contribution is -2.72. The molecule has 0 aromatic rings. The highest BCUT2D eigenvalue weighted by atomic mass is 16.9. The first-order valence-electron chi connectivity index (χ1n) is 16.2. The molecule has 4 heterocycles. The normalized spacial score (nSPS) is 52.8. The van der Waals surface area contributed by atoms with Crippen LogP contribution in [0.2, 0.25) is 0 Å². The Bertz CT molecular complexity index is 1250. The Labute approximate surface area is 253 Å². The van der Waals surface area contributed by atoms with E-state index in [4.69, 9.17) is 33.2 Å². The Morgan fingerprint density at radius 1 is 0.651 bits per heavy atom. The molecule has 43 heavy (non-hydrogen) atoms. The Morgan fingerprint density at radius 2 is 1.05 bits per heavy atom. The van der Waals surface area contributed by atoms with Crippen LogP contribution < -0.4 is 0 Å². The molecule has 4 aliphatic carbocycles. The van der Waals surface area contributed by atoms with Crippen molar-refractivity contribution in [2.45, 2.75) is 142 Å². The van der Waals surface area contributed by atoms with Crippen molar-refractivity contribution >= 4 is 11.9 Å². The zero-order valence-corrected chi connectivity index (χ0v) is 26.7. The summed E-state index contributed by atoms with van der Waals surface area (Å²) in [6, 6.07) is 0. The van der Waals surface area contributed by atoms with Crippen LogP contribution in [0.15, 0.2) is 23.3 Å². The lowest BCUT2D eigenvalue weighted by molar-refractivity contribution is -0.295. The van der Waals surface area contributed by atoms with Crippen LogP contribution in [-0.4, -0.2) is 60.5 Å². The van der Waals surface area contributed by atoms with E-state index in [0.717, 1.165) is 49.7 Å². The number of carbonyl (C=O) groups excluding carboxylic acids is 2. The van der Waals surface area contributed by atoms with E-state index in [1.54, 1.807) is 0 Å². The maximum atomic E-state index is 12.5. The molecule has 9 nitrogen and oxygen atoms in total. The first-order chi connectivity index (χ1) is 20.1. The van der Waals surface area contributed by atoms with Gasteiger partial charge in [-0.25, -0.2) is 0 Å². The van der Waals surface area contributed by atoms with E-state index >= 15 is 0 Å². The summed E-state index contributed by atoms with van der Waals surface area (Å²) < 4.78 is 47.4. The van der Waals surface area contributed by atoms with E-state index in [1.165, 1.54) is 13.8 Å². The number of hydrogen-bond acceptors (Lipinski definition) is 9. The van der Waals surface area contributed by atoms with Crippen LogP contribution in [0.1, 0.15) is 93.9 Å². The lowest BCUT2D eigenvalue weighted by atomic mass is 9.45. The third-order valence-corrected chi connectivity index (χ3v) is 13.1. The van der Waals surface area contributed by atoms with Gasteiger partial charge >= 0.3 is 11.9 Å². The van der Waals surface area contributed by atoms with Gasteiger partial charge in [-0.05, 0) is 48.7 Å². The van der Waals surface area contributed by atoms with Gasteiger partial charge in [0, 0.05) is 47.7 Å². The first kappa shape index (κ1) is 28.7. The second kappa shape index (κ2) is 8.52. The number of hydrogen-bond donors (Lipinski definition) is 0. The van der Waals surface area contributed by atoms with Crippen molar-refractivity contribution < 1.29 is 42.7 Å². The van der Waals surface area contributed by atoms with Gasteiger partial charge in [0.25, 0.3) is 0 Å². The molecule has 4 aliphatic heterocycles. The Kier molecular flexibility index (Phi) is 5.68. The zero-order valence-electron chi connectivity index (χ0n) is 26.7. The average Bonchev–Trinajstić information content (AvgIpc) is 3.18. The van der Waals surface area contributed by atoms with Crippen molar-refractivity contribution in [3.8, 4) is 0 Å². The fourth-order valence-corrected chi connectivity index (χ4v) is 11.9. The molecule has 8 rings (SSSR count). The minimum atomic E-state index is -1.01. The van der Waals surface area contributed by atoms with Gasteiger partial charge in [-0.2, -0.15) is 0 Å². The standard InChI is InChI=1S/C34H46O9/c1-17(35)37-21-15-19-25-39-27-33(19,31(7)13-9-11-29(3,4)23(21)31)43-26-20-16-22(38-18(2)36)24-30(5,6)12-10-14-32(24,8)34(20,42-25)28(40-26)41-27/h15-16,21-28H,9-14H2,1-8H3/t21-,22-,23+,24+,25?,26?,27?,28?,31+,32+,33+,34+/m1/s1.